The van der Waals surface area contributed by atoms with Crippen molar-refractivity contribution < 1.29 is 13.2 Å². The molecule has 0 aliphatic heterocycles. The molecule has 138 valence electrons. The zero-order chi connectivity index (χ0) is 19.3. The molecule has 0 nitrogen and oxygen atoms in total. The molecule has 0 bridgehead atoms. The third-order valence-electron chi connectivity index (χ3n) is 4.35. The van der Waals surface area contributed by atoms with Gasteiger partial charge in [-0.2, -0.15) is 13.2 Å². The van der Waals surface area contributed by atoms with Crippen molar-refractivity contribution in [1.82, 2.24) is 0 Å². The summed E-state index contributed by atoms with van der Waals surface area (Å²) in [5.41, 5.74) is 2.88. The van der Waals surface area contributed by atoms with Crippen molar-refractivity contribution in [2.75, 3.05) is 0 Å². The highest BCUT2D eigenvalue weighted by molar-refractivity contribution is 6.30. The summed E-state index contributed by atoms with van der Waals surface area (Å²) >= 11 is 5.86. The summed E-state index contributed by atoms with van der Waals surface area (Å²) in [5.74, 6) is -1.51. The largest absolute Gasteiger partial charge is 0.396 e. The zero-order valence-corrected chi connectivity index (χ0v) is 15.2. The van der Waals surface area contributed by atoms with Crippen LogP contribution in [0.3, 0.4) is 0 Å². The van der Waals surface area contributed by atoms with Crippen LogP contribution in [0, 0.1) is 0 Å². The fourth-order valence-corrected chi connectivity index (χ4v) is 3.00. The summed E-state index contributed by atoms with van der Waals surface area (Å²) in [7, 11) is 0. The predicted octanol–water partition coefficient (Wildman–Crippen LogP) is 7.40. The Morgan fingerprint density at radius 3 is 1.78 bits per heavy atom. The van der Waals surface area contributed by atoms with Crippen LogP contribution in [0.4, 0.5) is 13.2 Å². The van der Waals surface area contributed by atoms with E-state index in [-0.39, 0.29) is 12.0 Å². The Bertz CT molecular complexity index is 880. The monoisotopic (exact) mass is 386 g/mol. The van der Waals surface area contributed by atoms with Gasteiger partial charge in [-0.1, -0.05) is 90.5 Å². The number of halogens is 4. The van der Waals surface area contributed by atoms with Crippen LogP contribution >= 0.6 is 11.6 Å². The first-order valence-electron chi connectivity index (χ1n) is 8.56. The van der Waals surface area contributed by atoms with Crippen LogP contribution in [0.25, 0.3) is 12.2 Å². The Labute approximate surface area is 161 Å². The molecule has 1 atom stereocenters. The quantitative estimate of drug-likeness (QED) is 0.401. The van der Waals surface area contributed by atoms with E-state index in [4.69, 9.17) is 11.6 Å². The van der Waals surface area contributed by atoms with E-state index >= 15 is 0 Å². The highest BCUT2D eigenvalue weighted by atomic mass is 35.5. The second-order valence-electron chi connectivity index (χ2n) is 6.34. The molecule has 0 aliphatic rings. The molecule has 0 radical (unpaired) electrons. The molecule has 0 aromatic heterocycles. The number of hydrogen-bond acceptors (Lipinski definition) is 0. The Morgan fingerprint density at radius 2 is 1.26 bits per heavy atom. The molecule has 3 aromatic rings. The number of rotatable bonds is 5. The first-order valence-corrected chi connectivity index (χ1v) is 8.94. The summed E-state index contributed by atoms with van der Waals surface area (Å²) < 4.78 is 40.5. The number of hydrogen-bond donors (Lipinski definition) is 0. The van der Waals surface area contributed by atoms with Crippen molar-refractivity contribution in [2.24, 2.45) is 0 Å². The minimum absolute atomic E-state index is 0.0747. The lowest BCUT2D eigenvalue weighted by Gasteiger charge is -2.21. The van der Waals surface area contributed by atoms with Gasteiger partial charge in [0.05, 0.1) is 5.92 Å². The summed E-state index contributed by atoms with van der Waals surface area (Å²) in [6, 6.07) is 22.7. The molecule has 0 N–H and O–H groups in total. The maximum absolute atomic E-state index is 13.5. The van der Waals surface area contributed by atoms with E-state index in [0.717, 1.165) is 11.1 Å². The second kappa shape index (κ2) is 8.45. The van der Waals surface area contributed by atoms with Crippen LogP contribution in [-0.4, -0.2) is 6.18 Å². The summed E-state index contributed by atoms with van der Waals surface area (Å²) in [6.45, 7) is 0. The maximum atomic E-state index is 13.5. The minimum atomic E-state index is -4.28. The minimum Gasteiger partial charge on any atom is -0.170 e. The molecule has 3 rings (SSSR count). The van der Waals surface area contributed by atoms with Gasteiger partial charge in [0.2, 0.25) is 0 Å². The second-order valence-corrected chi connectivity index (χ2v) is 6.77. The van der Waals surface area contributed by atoms with E-state index in [1.165, 1.54) is 12.1 Å². The Hall–Kier alpha value is -2.52. The average Bonchev–Trinajstić information content (AvgIpc) is 2.66. The van der Waals surface area contributed by atoms with Gasteiger partial charge in [0, 0.05) is 5.02 Å². The maximum Gasteiger partial charge on any atom is 0.396 e. The highest BCUT2D eigenvalue weighted by Crippen LogP contribution is 2.37. The Kier molecular flexibility index (Phi) is 6.02. The fourth-order valence-electron chi connectivity index (χ4n) is 2.87. The molecule has 3 aromatic carbocycles. The Balaban J connectivity index is 1.73. The first-order chi connectivity index (χ1) is 12.9. The molecule has 0 saturated heterocycles. The topological polar surface area (TPSA) is 0 Å². The summed E-state index contributed by atoms with van der Waals surface area (Å²) in [6.07, 6.45) is -0.498. The van der Waals surface area contributed by atoms with E-state index in [1.54, 1.807) is 30.3 Å². The summed E-state index contributed by atoms with van der Waals surface area (Å²) in [4.78, 5) is 0. The average molecular weight is 387 g/mol. The molecule has 1 unspecified atom stereocenters. The SMILES string of the molecule is FC(F)(F)C(Cc1ccc(/C=C/c2ccc(Cl)cc2)cc1)c1ccccc1. The van der Waals surface area contributed by atoms with Crippen molar-refractivity contribution in [2.45, 2.75) is 18.5 Å². The summed E-state index contributed by atoms with van der Waals surface area (Å²) in [5, 5.41) is 0.675. The van der Waals surface area contributed by atoms with E-state index in [1.807, 2.05) is 48.6 Å². The molecular formula is C23H18ClF3. The van der Waals surface area contributed by atoms with E-state index in [0.29, 0.717) is 10.6 Å². The lowest BCUT2D eigenvalue weighted by atomic mass is 9.91. The molecule has 0 amide bonds. The van der Waals surface area contributed by atoms with Crippen molar-refractivity contribution >= 4 is 23.8 Å². The van der Waals surface area contributed by atoms with E-state index in [2.05, 4.69) is 0 Å². The lowest BCUT2D eigenvalue weighted by Crippen LogP contribution is -2.22. The van der Waals surface area contributed by atoms with Gasteiger partial charge in [-0.05, 0) is 40.8 Å². The van der Waals surface area contributed by atoms with Crippen molar-refractivity contribution in [3.05, 3.63) is 106 Å². The van der Waals surface area contributed by atoms with Crippen molar-refractivity contribution in [1.29, 1.82) is 0 Å². The molecule has 0 spiro atoms. The number of benzene rings is 3. The molecule has 27 heavy (non-hydrogen) atoms. The highest BCUT2D eigenvalue weighted by Gasteiger charge is 2.40. The van der Waals surface area contributed by atoms with Gasteiger partial charge in [-0.3, -0.25) is 0 Å². The van der Waals surface area contributed by atoms with Crippen LogP contribution in [0.15, 0.2) is 78.9 Å². The van der Waals surface area contributed by atoms with Gasteiger partial charge in [-0.25, -0.2) is 0 Å². The van der Waals surface area contributed by atoms with E-state index in [9.17, 15) is 13.2 Å². The molecule has 0 aliphatic carbocycles. The van der Waals surface area contributed by atoms with Gasteiger partial charge in [0.15, 0.2) is 0 Å². The van der Waals surface area contributed by atoms with Gasteiger partial charge in [0.1, 0.15) is 0 Å². The van der Waals surface area contributed by atoms with Gasteiger partial charge >= 0.3 is 6.18 Å². The van der Waals surface area contributed by atoms with Crippen LogP contribution in [0.2, 0.25) is 5.02 Å². The third kappa shape index (κ3) is 5.48. The molecule has 0 heterocycles. The van der Waals surface area contributed by atoms with Gasteiger partial charge in [-0.15, -0.1) is 0 Å². The zero-order valence-electron chi connectivity index (χ0n) is 14.5. The smallest absolute Gasteiger partial charge is 0.170 e. The van der Waals surface area contributed by atoms with Gasteiger partial charge < -0.3 is 0 Å². The van der Waals surface area contributed by atoms with E-state index < -0.39 is 12.1 Å². The lowest BCUT2D eigenvalue weighted by molar-refractivity contribution is -0.150. The van der Waals surface area contributed by atoms with Gasteiger partial charge in [0.25, 0.3) is 0 Å². The molecular weight excluding hydrogens is 369 g/mol. The van der Waals surface area contributed by atoms with Crippen molar-refractivity contribution in [3.63, 3.8) is 0 Å². The fraction of sp³-hybridized carbons (Fsp3) is 0.130. The number of alkyl halides is 3. The first kappa shape index (κ1) is 19.2. The van der Waals surface area contributed by atoms with Crippen LogP contribution in [0.5, 0.6) is 0 Å². The normalized spacial score (nSPS) is 13.0. The predicted molar refractivity (Wildman–Crippen MR) is 106 cm³/mol. The molecule has 0 fully saturated rings. The third-order valence-corrected chi connectivity index (χ3v) is 4.61. The van der Waals surface area contributed by atoms with Crippen LogP contribution in [0.1, 0.15) is 28.2 Å². The van der Waals surface area contributed by atoms with Crippen molar-refractivity contribution in [3.8, 4) is 0 Å². The molecule has 0 saturated carbocycles. The standard InChI is InChI=1S/C23H18ClF3/c24-21-14-12-18(13-15-21)7-6-17-8-10-19(11-9-17)16-22(23(25,26)27)20-4-2-1-3-5-20/h1-15,22H,16H2/b7-6+. The van der Waals surface area contributed by atoms with Crippen LogP contribution < -0.4 is 0 Å². The van der Waals surface area contributed by atoms with Crippen LogP contribution in [-0.2, 0) is 6.42 Å². The molecule has 4 heteroatoms. The Morgan fingerprint density at radius 1 is 0.741 bits per heavy atom.